The van der Waals surface area contributed by atoms with Gasteiger partial charge in [-0.1, -0.05) is 13.3 Å². The highest BCUT2D eigenvalue weighted by Gasteiger charge is 2.21. The minimum atomic E-state index is -0.256. The Morgan fingerprint density at radius 1 is 1.56 bits per heavy atom. The predicted molar refractivity (Wildman–Crippen MR) is 72.2 cm³/mol. The highest BCUT2D eigenvalue weighted by atomic mass is 19.1. The number of hydrogen-bond donors (Lipinski definition) is 1. The summed E-state index contributed by atoms with van der Waals surface area (Å²) in [6.45, 7) is 4.98. The van der Waals surface area contributed by atoms with Gasteiger partial charge in [0.05, 0.1) is 6.20 Å². The van der Waals surface area contributed by atoms with Crippen molar-refractivity contribution in [3.8, 4) is 0 Å². The Kier molecular flexibility index (Phi) is 4.53. The zero-order valence-corrected chi connectivity index (χ0v) is 11.2. The summed E-state index contributed by atoms with van der Waals surface area (Å²) in [6.07, 6.45) is 5.04. The molecule has 0 spiro atoms. The minimum Gasteiger partial charge on any atom is -0.356 e. The summed E-state index contributed by atoms with van der Waals surface area (Å²) >= 11 is 0. The van der Waals surface area contributed by atoms with Crippen LogP contribution < -0.4 is 10.2 Å². The molecule has 1 aromatic rings. The third-order valence-electron chi connectivity index (χ3n) is 3.67. The molecule has 0 saturated carbocycles. The Morgan fingerprint density at radius 2 is 2.39 bits per heavy atom. The second-order valence-electron chi connectivity index (χ2n) is 5.03. The maximum atomic E-state index is 13.3. The number of nitrogens with one attached hydrogen (secondary N) is 1. The van der Waals surface area contributed by atoms with E-state index in [0.29, 0.717) is 6.54 Å². The molecule has 3 nitrogen and oxygen atoms in total. The third-order valence-corrected chi connectivity index (χ3v) is 3.67. The number of nitrogens with zero attached hydrogens (tertiary/aromatic N) is 2. The van der Waals surface area contributed by atoms with Crippen LogP contribution in [-0.4, -0.2) is 25.1 Å². The summed E-state index contributed by atoms with van der Waals surface area (Å²) in [5.74, 6) is 1.44. The monoisotopic (exact) mass is 251 g/mol. The molecule has 18 heavy (non-hydrogen) atoms. The summed E-state index contributed by atoms with van der Waals surface area (Å²) in [6, 6.07) is 1.59. The van der Waals surface area contributed by atoms with E-state index in [4.69, 9.17) is 0 Å². The normalized spacial score (nSPS) is 20.2. The van der Waals surface area contributed by atoms with Crippen molar-refractivity contribution in [1.29, 1.82) is 0 Å². The molecule has 1 aliphatic heterocycles. The van der Waals surface area contributed by atoms with Crippen LogP contribution in [0.2, 0.25) is 0 Å². The van der Waals surface area contributed by atoms with Gasteiger partial charge >= 0.3 is 0 Å². The number of aromatic nitrogens is 1. The Balaban J connectivity index is 2.20. The molecule has 2 heterocycles. The molecule has 1 fully saturated rings. The van der Waals surface area contributed by atoms with Crippen molar-refractivity contribution in [2.45, 2.75) is 32.7 Å². The molecular formula is C14H22FN3. The van der Waals surface area contributed by atoms with E-state index >= 15 is 0 Å². The molecule has 1 atom stereocenters. The lowest BCUT2D eigenvalue weighted by molar-refractivity contribution is 0.402. The number of halogens is 1. The van der Waals surface area contributed by atoms with Crippen molar-refractivity contribution in [2.24, 2.45) is 5.92 Å². The van der Waals surface area contributed by atoms with E-state index in [1.54, 1.807) is 6.07 Å². The maximum Gasteiger partial charge on any atom is 0.141 e. The van der Waals surface area contributed by atoms with Gasteiger partial charge in [0.25, 0.3) is 0 Å². The molecule has 1 aliphatic rings. The maximum absolute atomic E-state index is 13.3. The van der Waals surface area contributed by atoms with Crippen LogP contribution in [0.25, 0.3) is 0 Å². The van der Waals surface area contributed by atoms with Gasteiger partial charge in [-0.2, -0.15) is 0 Å². The Labute approximate surface area is 108 Å². The van der Waals surface area contributed by atoms with Gasteiger partial charge in [0.15, 0.2) is 0 Å². The van der Waals surface area contributed by atoms with E-state index in [9.17, 15) is 4.39 Å². The smallest absolute Gasteiger partial charge is 0.141 e. The molecular weight excluding hydrogens is 229 g/mol. The van der Waals surface area contributed by atoms with Crippen molar-refractivity contribution >= 4 is 5.82 Å². The van der Waals surface area contributed by atoms with Gasteiger partial charge in [-0.3, -0.25) is 0 Å². The van der Waals surface area contributed by atoms with Crippen LogP contribution >= 0.6 is 0 Å². The van der Waals surface area contributed by atoms with E-state index in [1.807, 2.05) is 7.05 Å². The average Bonchev–Trinajstić information content (AvgIpc) is 2.39. The SMILES string of the molecule is CCC1CCCN(c2ncc(F)cc2CNC)C1. The van der Waals surface area contributed by atoms with Crippen LogP contribution in [0, 0.1) is 11.7 Å². The largest absolute Gasteiger partial charge is 0.356 e. The predicted octanol–water partition coefficient (Wildman–Crippen LogP) is 2.57. The van der Waals surface area contributed by atoms with Crippen LogP contribution in [-0.2, 0) is 6.54 Å². The first-order chi connectivity index (χ1) is 8.74. The Bertz CT molecular complexity index is 395. The fraction of sp³-hybridized carbons (Fsp3) is 0.643. The summed E-state index contributed by atoms with van der Waals surface area (Å²) in [7, 11) is 1.87. The Morgan fingerprint density at radius 3 is 3.11 bits per heavy atom. The first-order valence-electron chi connectivity index (χ1n) is 6.78. The molecule has 0 radical (unpaired) electrons. The van der Waals surface area contributed by atoms with Crippen LogP contribution in [0.1, 0.15) is 31.7 Å². The summed E-state index contributed by atoms with van der Waals surface area (Å²) in [5, 5.41) is 3.08. The van der Waals surface area contributed by atoms with Crippen LogP contribution in [0.5, 0.6) is 0 Å². The van der Waals surface area contributed by atoms with Gasteiger partial charge < -0.3 is 10.2 Å². The van der Waals surface area contributed by atoms with Gasteiger partial charge in [0.1, 0.15) is 11.6 Å². The van der Waals surface area contributed by atoms with Crippen molar-refractivity contribution < 1.29 is 4.39 Å². The molecule has 1 unspecified atom stereocenters. The topological polar surface area (TPSA) is 28.2 Å². The molecule has 0 aromatic carbocycles. The lowest BCUT2D eigenvalue weighted by Gasteiger charge is -2.34. The molecule has 1 N–H and O–H groups in total. The lowest BCUT2D eigenvalue weighted by atomic mass is 9.95. The van der Waals surface area contributed by atoms with Gasteiger partial charge in [0, 0.05) is 25.2 Å². The number of pyridine rings is 1. The van der Waals surface area contributed by atoms with Crippen molar-refractivity contribution in [3.63, 3.8) is 0 Å². The molecule has 1 saturated heterocycles. The first kappa shape index (κ1) is 13.3. The average molecular weight is 251 g/mol. The summed E-state index contributed by atoms with van der Waals surface area (Å²) in [5.41, 5.74) is 0.953. The third kappa shape index (κ3) is 2.99. The fourth-order valence-electron chi connectivity index (χ4n) is 2.67. The van der Waals surface area contributed by atoms with Crippen molar-refractivity contribution in [3.05, 3.63) is 23.6 Å². The Hall–Kier alpha value is -1.16. The number of hydrogen-bond acceptors (Lipinski definition) is 3. The van der Waals surface area contributed by atoms with Crippen LogP contribution in [0.4, 0.5) is 10.2 Å². The van der Waals surface area contributed by atoms with E-state index in [-0.39, 0.29) is 5.82 Å². The molecule has 0 amide bonds. The highest BCUT2D eigenvalue weighted by Crippen LogP contribution is 2.26. The second-order valence-corrected chi connectivity index (χ2v) is 5.03. The summed E-state index contributed by atoms with van der Waals surface area (Å²) in [4.78, 5) is 6.61. The number of anilines is 1. The quantitative estimate of drug-likeness (QED) is 0.891. The number of piperidine rings is 1. The van der Waals surface area contributed by atoms with Gasteiger partial charge in [-0.05, 0) is 31.9 Å². The zero-order valence-electron chi connectivity index (χ0n) is 11.2. The fourth-order valence-corrected chi connectivity index (χ4v) is 2.67. The summed E-state index contributed by atoms with van der Waals surface area (Å²) < 4.78 is 13.3. The van der Waals surface area contributed by atoms with E-state index in [1.165, 1.54) is 25.5 Å². The van der Waals surface area contributed by atoms with Crippen molar-refractivity contribution in [1.82, 2.24) is 10.3 Å². The van der Waals surface area contributed by atoms with E-state index in [2.05, 4.69) is 22.1 Å². The molecule has 0 bridgehead atoms. The van der Waals surface area contributed by atoms with E-state index in [0.717, 1.165) is 30.4 Å². The molecule has 4 heteroatoms. The van der Waals surface area contributed by atoms with Crippen molar-refractivity contribution in [2.75, 3.05) is 25.0 Å². The zero-order chi connectivity index (χ0) is 13.0. The minimum absolute atomic E-state index is 0.256. The molecule has 100 valence electrons. The van der Waals surface area contributed by atoms with Gasteiger partial charge in [0.2, 0.25) is 0 Å². The number of rotatable bonds is 4. The highest BCUT2D eigenvalue weighted by molar-refractivity contribution is 5.47. The van der Waals surface area contributed by atoms with Crippen LogP contribution in [0.15, 0.2) is 12.3 Å². The molecule has 0 aliphatic carbocycles. The first-order valence-corrected chi connectivity index (χ1v) is 6.78. The molecule has 1 aromatic heterocycles. The van der Waals surface area contributed by atoms with Gasteiger partial charge in [-0.15, -0.1) is 0 Å². The van der Waals surface area contributed by atoms with E-state index < -0.39 is 0 Å². The van der Waals surface area contributed by atoms with Crippen LogP contribution in [0.3, 0.4) is 0 Å². The van der Waals surface area contributed by atoms with Gasteiger partial charge in [-0.25, -0.2) is 9.37 Å². The standard InChI is InChI=1S/C14H22FN3/c1-3-11-5-4-6-18(10-11)14-12(8-16-2)7-13(15)9-17-14/h7,9,11,16H,3-6,8,10H2,1-2H3. The second kappa shape index (κ2) is 6.14. The lowest BCUT2D eigenvalue weighted by Crippen LogP contribution is -2.36. The molecule has 2 rings (SSSR count).